The zero-order valence-electron chi connectivity index (χ0n) is 12.3. The molecule has 6 heteroatoms. The number of likely N-dealkylation sites (N-methyl/N-ethyl adjacent to an activating group) is 1. The SMILES string of the molecule is CNC(=O)CN1CCC(NC(=O)CC2CCCN2)CC1. The van der Waals surface area contributed by atoms with Crippen LogP contribution in [-0.4, -0.2) is 62.0 Å². The average molecular weight is 282 g/mol. The Balaban J connectivity index is 1.63. The lowest BCUT2D eigenvalue weighted by atomic mass is 10.0. The molecule has 2 fully saturated rings. The molecule has 0 saturated carbocycles. The van der Waals surface area contributed by atoms with Gasteiger partial charge in [-0.2, -0.15) is 0 Å². The molecule has 0 aromatic rings. The van der Waals surface area contributed by atoms with Crippen molar-refractivity contribution in [1.82, 2.24) is 20.9 Å². The molecule has 3 N–H and O–H groups in total. The number of piperidine rings is 1. The van der Waals surface area contributed by atoms with E-state index in [9.17, 15) is 9.59 Å². The zero-order valence-corrected chi connectivity index (χ0v) is 12.3. The van der Waals surface area contributed by atoms with Crippen molar-refractivity contribution in [2.75, 3.05) is 33.2 Å². The second-order valence-electron chi connectivity index (χ2n) is 5.79. The second kappa shape index (κ2) is 7.59. The second-order valence-corrected chi connectivity index (χ2v) is 5.79. The molecule has 0 spiro atoms. The van der Waals surface area contributed by atoms with Gasteiger partial charge in [-0.15, -0.1) is 0 Å². The van der Waals surface area contributed by atoms with Crippen LogP contribution in [0.15, 0.2) is 0 Å². The highest BCUT2D eigenvalue weighted by molar-refractivity contribution is 5.78. The van der Waals surface area contributed by atoms with E-state index in [-0.39, 0.29) is 17.9 Å². The van der Waals surface area contributed by atoms with Crippen molar-refractivity contribution >= 4 is 11.8 Å². The third-order valence-corrected chi connectivity index (χ3v) is 4.19. The van der Waals surface area contributed by atoms with E-state index in [1.807, 2.05) is 0 Å². The van der Waals surface area contributed by atoms with Gasteiger partial charge in [-0.1, -0.05) is 0 Å². The van der Waals surface area contributed by atoms with Gasteiger partial charge in [0.05, 0.1) is 6.54 Å². The summed E-state index contributed by atoms with van der Waals surface area (Å²) >= 11 is 0. The Morgan fingerprint density at radius 1 is 1.20 bits per heavy atom. The van der Waals surface area contributed by atoms with Crippen LogP contribution in [-0.2, 0) is 9.59 Å². The van der Waals surface area contributed by atoms with E-state index in [4.69, 9.17) is 0 Å². The van der Waals surface area contributed by atoms with E-state index in [1.165, 1.54) is 6.42 Å². The Kier molecular flexibility index (Phi) is 5.79. The van der Waals surface area contributed by atoms with Gasteiger partial charge in [0.1, 0.15) is 0 Å². The van der Waals surface area contributed by atoms with Crippen LogP contribution < -0.4 is 16.0 Å². The molecule has 2 aliphatic heterocycles. The molecule has 114 valence electrons. The highest BCUT2D eigenvalue weighted by Gasteiger charge is 2.23. The van der Waals surface area contributed by atoms with Crippen LogP contribution in [0.3, 0.4) is 0 Å². The van der Waals surface area contributed by atoms with Gasteiger partial charge in [0.2, 0.25) is 11.8 Å². The number of hydrogen-bond donors (Lipinski definition) is 3. The van der Waals surface area contributed by atoms with E-state index in [2.05, 4.69) is 20.9 Å². The van der Waals surface area contributed by atoms with Crippen LogP contribution in [0.2, 0.25) is 0 Å². The van der Waals surface area contributed by atoms with Crippen LogP contribution in [0.25, 0.3) is 0 Å². The van der Waals surface area contributed by atoms with E-state index in [1.54, 1.807) is 7.05 Å². The molecule has 2 saturated heterocycles. The number of likely N-dealkylation sites (tertiary alicyclic amines) is 1. The summed E-state index contributed by atoms with van der Waals surface area (Å²) in [6.45, 7) is 3.25. The number of carbonyl (C=O) groups excluding carboxylic acids is 2. The fourth-order valence-corrected chi connectivity index (χ4v) is 2.96. The van der Waals surface area contributed by atoms with E-state index in [0.29, 0.717) is 19.0 Å². The number of nitrogens with one attached hydrogen (secondary N) is 3. The first-order chi connectivity index (χ1) is 9.67. The molecular formula is C14H26N4O2. The van der Waals surface area contributed by atoms with Crippen molar-refractivity contribution in [2.45, 2.75) is 44.2 Å². The fraction of sp³-hybridized carbons (Fsp3) is 0.857. The molecule has 1 unspecified atom stereocenters. The van der Waals surface area contributed by atoms with Crippen LogP contribution in [0.1, 0.15) is 32.1 Å². The Morgan fingerprint density at radius 3 is 2.55 bits per heavy atom. The number of nitrogens with zero attached hydrogens (tertiary/aromatic N) is 1. The van der Waals surface area contributed by atoms with Gasteiger partial charge in [-0.05, 0) is 32.2 Å². The average Bonchev–Trinajstić information content (AvgIpc) is 2.93. The first kappa shape index (κ1) is 15.3. The van der Waals surface area contributed by atoms with Crippen molar-refractivity contribution in [2.24, 2.45) is 0 Å². The van der Waals surface area contributed by atoms with Gasteiger partial charge in [0, 0.05) is 38.6 Å². The number of rotatable bonds is 5. The van der Waals surface area contributed by atoms with Gasteiger partial charge in [-0.3, -0.25) is 14.5 Å². The van der Waals surface area contributed by atoms with Crippen LogP contribution in [0.5, 0.6) is 0 Å². The van der Waals surface area contributed by atoms with Crippen LogP contribution >= 0.6 is 0 Å². The third kappa shape index (κ3) is 4.76. The Hall–Kier alpha value is -1.14. The van der Waals surface area contributed by atoms with Crippen molar-refractivity contribution in [3.8, 4) is 0 Å². The third-order valence-electron chi connectivity index (χ3n) is 4.19. The summed E-state index contributed by atoms with van der Waals surface area (Å²) in [7, 11) is 1.66. The van der Waals surface area contributed by atoms with E-state index < -0.39 is 0 Å². The number of carbonyl (C=O) groups is 2. The quantitative estimate of drug-likeness (QED) is 0.633. The largest absolute Gasteiger partial charge is 0.358 e. The van der Waals surface area contributed by atoms with Gasteiger partial charge in [0.15, 0.2) is 0 Å². The first-order valence-electron chi connectivity index (χ1n) is 7.63. The van der Waals surface area contributed by atoms with Gasteiger partial charge in [-0.25, -0.2) is 0 Å². The minimum absolute atomic E-state index is 0.0554. The normalized spacial score (nSPS) is 24.6. The van der Waals surface area contributed by atoms with Crippen molar-refractivity contribution in [1.29, 1.82) is 0 Å². The summed E-state index contributed by atoms with van der Waals surface area (Å²) in [5, 5.41) is 9.11. The van der Waals surface area contributed by atoms with Crippen molar-refractivity contribution < 1.29 is 9.59 Å². The minimum Gasteiger partial charge on any atom is -0.358 e. The molecule has 0 aliphatic carbocycles. The topological polar surface area (TPSA) is 73.5 Å². The molecule has 0 aromatic carbocycles. The minimum atomic E-state index is 0.0554. The Bertz CT molecular complexity index is 334. The lowest BCUT2D eigenvalue weighted by molar-refractivity contribution is -0.124. The van der Waals surface area contributed by atoms with Gasteiger partial charge < -0.3 is 16.0 Å². The van der Waals surface area contributed by atoms with Gasteiger partial charge in [0.25, 0.3) is 0 Å². The lowest BCUT2D eigenvalue weighted by Gasteiger charge is -2.31. The monoisotopic (exact) mass is 282 g/mol. The van der Waals surface area contributed by atoms with Crippen molar-refractivity contribution in [3.05, 3.63) is 0 Å². The Labute approximate surface area is 120 Å². The maximum Gasteiger partial charge on any atom is 0.233 e. The van der Waals surface area contributed by atoms with Crippen LogP contribution in [0.4, 0.5) is 0 Å². The molecule has 2 amide bonds. The van der Waals surface area contributed by atoms with Crippen molar-refractivity contribution in [3.63, 3.8) is 0 Å². The van der Waals surface area contributed by atoms with Crippen LogP contribution in [0, 0.1) is 0 Å². The predicted octanol–water partition coefficient (Wildman–Crippen LogP) is -0.545. The fourth-order valence-electron chi connectivity index (χ4n) is 2.96. The van der Waals surface area contributed by atoms with E-state index in [0.717, 1.165) is 38.9 Å². The Morgan fingerprint density at radius 2 is 1.95 bits per heavy atom. The maximum atomic E-state index is 11.9. The molecular weight excluding hydrogens is 256 g/mol. The standard InChI is InChI=1S/C14H26N4O2/c1-15-14(20)10-18-7-4-11(5-8-18)17-13(19)9-12-3-2-6-16-12/h11-12,16H,2-10H2,1H3,(H,15,20)(H,17,19). The zero-order chi connectivity index (χ0) is 14.4. The number of hydrogen-bond acceptors (Lipinski definition) is 4. The lowest BCUT2D eigenvalue weighted by Crippen LogP contribution is -2.47. The highest BCUT2D eigenvalue weighted by Crippen LogP contribution is 2.12. The molecule has 0 bridgehead atoms. The van der Waals surface area contributed by atoms with E-state index >= 15 is 0 Å². The highest BCUT2D eigenvalue weighted by atomic mass is 16.2. The van der Waals surface area contributed by atoms with Gasteiger partial charge >= 0.3 is 0 Å². The summed E-state index contributed by atoms with van der Waals surface area (Å²) in [6, 6.07) is 0.633. The summed E-state index contributed by atoms with van der Waals surface area (Å²) < 4.78 is 0. The molecule has 2 aliphatic rings. The summed E-state index contributed by atoms with van der Waals surface area (Å²) in [6.07, 6.45) is 4.74. The summed E-state index contributed by atoms with van der Waals surface area (Å²) in [5.41, 5.74) is 0. The smallest absolute Gasteiger partial charge is 0.233 e. The molecule has 6 nitrogen and oxygen atoms in total. The maximum absolute atomic E-state index is 11.9. The molecule has 20 heavy (non-hydrogen) atoms. The molecule has 1 atom stereocenters. The molecule has 0 aromatic heterocycles. The number of amides is 2. The molecule has 2 heterocycles. The molecule has 0 radical (unpaired) electrons. The summed E-state index contributed by atoms with van der Waals surface area (Å²) in [4.78, 5) is 25.4. The summed E-state index contributed by atoms with van der Waals surface area (Å²) in [5.74, 6) is 0.217. The molecule has 2 rings (SSSR count). The predicted molar refractivity (Wildman–Crippen MR) is 77.3 cm³/mol. The first-order valence-corrected chi connectivity index (χ1v) is 7.63.